The van der Waals surface area contributed by atoms with E-state index in [9.17, 15) is 14.7 Å². The summed E-state index contributed by atoms with van der Waals surface area (Å²) in [6.45, 7) is 0.409. The lowest BCUT2D eigenvalue weighted by molar-refractivity contribution is -0.137. The van der Waals surface area contributed by atoms with Crippen molar-refractivity contribution in [2.45, 2.75) is 31.2 Å². The lowest BCUT2D eigenvalue weighted by Gasteiger charge is -2.25. The number of hydrogen-bond donors (Lipinski definition) is 2. The largest absolute Gasteiger partial charge is 0.493 e. The van der Waals surface area contributed by atoms with Gasteiger partial charge in [0.05, 0.1) is 32.1 Å². The third-order valence-corrected chi connectivity index (χ3v) is 6.53. The van der Waals surface area contributed by atoms with Crippen LogP contribution in [-0.2, 0) is 16.0 Å². The zero-order valence-corrected chi connectivity index (χ0v) is 22.0. The van der Waals surface area contributed by atoms with E-state index in [4.69, 9.17) is 9.47 Å². The van der Waals surface area contributed by atoms with Crippen LogP contribution >= 0.6 is 0 Å². The van der Waals surface area contributed by atoms with Crippen LogP contribution in [0.25, 0.3) is 0 Å². The van der Waals surface area contributed by atoms with Crippen molar-refractivity contribution in [3.8, 4) is 11.5 Å². The first kappa shape index (κ1) is 27.5. The predicted octanol–water partition coefficient (Wildman–Crippen LogP) is 6.17. The van der Waals surface area contributed by atoms with Crippen molar-refractivity contribution >= 4 is 11.9 Å². The number of amides is 1. The van der Waals surface area contributed by atoms with Crippen molar-refractivity contribution in [1.82, 2.24) is 5.32 Å². The second kappa shape index (κ2) is 13.8. The molecule has 39 heavy (non-hydrogen) atoms. The summed E-state index contributed by atoms with van der Waals surface area (Å²) in [6, 6.07) is 33.6. The molecule has 0 aliphatic heterocycles. The molecule has 0 radical (unpaired) electrons. The topological polar surface area (TPSA) is 84.9 Å². The van der Waals surface area contributed by atoms with Crippen LogP contribution in [0.3, 0.4) is 0 Å². The minimum absolute atomic E-state index is 0.295. The molecule has 0 saturated carbocycles. The Morgan fingerprint density at radius 3 is 1.95 bits per heavy atom. The number of benzene rings is 4. The summed E-state index contributed by atoms with van der Waals surface area (Å²) in [6.07, 6.45) is 1.30. The number of hydrogen-bond acceptors (Lipinski definition) is 4. The lowest BCUT2D eigenvalue weighted by Crippen LogP contribution is -2.35. The number of para-hydroxylation sites is 1. The van der Waals surface area contributed by atoms with E-state index in [2.05, 4.69) is 17.4 Å². The molecule has 0 saturated heterocycles. The van der Waals surface area contributed by atoms with Gasteiger partial charge in [0.1, 0.15) is 0 Å². The van der Waals surface area contributed by atoms with Crippen molar-refractivity contribution in [2.75, 3.05) is 13.7 Å². The monoisotopic (exact) mass is 523 g/mol. The number of carboxylic acid groups (broad SMARTS) is 1. The van der Waals surface area contributed by atoms with Gasteiger partial charge in [0, 0.05) is 5.56 Å². The molecule has 0 aliphatic carbocycles. The number of carbonyl (C=O) groups is 2. The van der Waals surface area contributed by atoms with Gasteiger partial charge in [0.2, 0.25) is 5.91 Å². The molecule has 0 spiro atoms. The third kappa shape index (κ3) is 7.48. The van der Waals surface area contributed by atoms with Gasteiger partial charge in [0.15, 0.2) is 11.5 Å². The zero-order valence-electron chi connectivity index (χ0n) is 22.0. The molecule has 4 aromatic carbocycles. The van der Waals surface area contributed by atoms with E-state index >= 15 is 0 Å². The quantitative estimate of drug-likeness (QED) is 0.205. The second-order valence-electron chi connectivity index (χ2n) is 9.23. The summed E-state index contributed by atoms with van der Waals surface area (Å²) in [5.74, 6) is -1.01. The molecule has 200 valence electrons. The van der Waals surface area contributed by atoms with Crippen molar-refractivity contribution < 1.29 is 24.2 Å². The Hall–Kier alpha value is -4.58. The van der Waals surface area contributed by atoms with Crippen LogP contribution < -0.4 is 14.8 Å². The molecule has 0 aromatic heterocycles. The van der Waals surface area contributed by atoms with Crippen LogP contribution in [0.1, 0.15) is 47.1 Å². The van der Waals surface area contributed by atoms with E-state index in [1.165, 1.54) is 5.56 Å². The first-order chi connectivity index (χ1) is 19.1. The molecule has 2 N–H and O–H groups in total. The fraction of sp³-hybridized carbons (Fsp3) is 0.212. The Kier molecular flexibility index (Phi) is 9.73. The molecule has 1 amide bonds. The lowest BCUT2D eigenvalue weighted by atomic mass is 9.89. The number of nitrogens with one attached hydrogen (secondary N) is 1. The standard InChI is InChI=1S/C33H33NO5/c1-38-29-21-11-20-27(32(29)39-22-12-15-24-13-5-2-6-14-24)28(23-30(35)36)34-33(37)31(25-16-7-3-8-17-25)26-18-9-4-10-19-26/h2-11,13-14,16-21,28,31H,12,15,22-23H2,1H3,(H,34,37)(H,35,36)/t28-/m0/s1. The van der Waals surface area contributed by atoms with Crippen LogP contribution in [0.4, 0.5) is 0 Å². The number of aliphatic carboxylic acids is 1. The smallest absolute Gasteiger partial charge is 0.305 e. The summed E-state index contributed by atoms with van der Waals surface area (Å²) in [5, 5.41) is 12.8. The van der Waals surface area contributed by atoms with Crippen LogP contribution in [0, 0.1) is 0 Å². The highest BCUT2D eigenvalue weighted by Crippen LogP contribution is 2.37. The molecule has 0 aliphatic rings. The second-order valence-corrected chi connectivity index (χ2v) is 9.23. The molecule has 4 aromatic rings. The Labute approximate surface area is 229 Å². The van der Waals surface area contributed by atoms with E-state index in [-0.39, 0.29) is 12.3 Å². The van der Waals surface area contributed by atoms with Crippen molar-refractivity contribution in [2.24, 2.45) is 0 Å². The highest BCUT2D eigenvalue weighted by molar-refractivity contribution is 5.88. The summed E-state index contributed by atoms with van der Waals surface area (Å²) in [7, 11) is 1.54. The van der Waals surface area contributed by atoms with Gasteiger partial charge in [-0.25, -0.2) is 0 Å². The van der Waals surface area contributed by atoms with Crippen LogP contribution in [0.5, 0.6) is 11.5 Å². The summed E-state index contributed by atoms with van der Waals surface area (Å²) in [5.41, 5.74) is 3.41. The Morgan fingerprint density at radius 2 is 1.38 bits per heavy atom. The molecule has 6 heteroatoms. The molecule has 0 heterocycles. The van der Waals surface area contributed by atoms with E-state index in [0.29, 0.717) is 23.7 Å². The number of methoxy groups -OCH3 is 1. The van der Waals surface area contributed by atoms with Crippen molar-refractivity contribution in [3.63, 3.8) is 0 Å². The number of ether oxygens (including phenoxy) is 2. The first-order valence-electron chi connectivity index (χ1n) is 13.0. The summed E-state index contributed by atoms with van der Waals surface area (Å²) < 4.78 is 11.7. The first-order valence-corrected chi connectivity index (χ1v) is 13.0. The highest BCUT2D eigenvalue weighted by atomic mass is 16.5. The molecule has 0 bridgehead atoms. The van der Waals surface area contributed by atoms with Crippen LogP contribution in [-0.4, -0.2) is 30.7 Å². The van der Waals surface area contributed by atoms with E-state index in [1.54, 1.807) is 25.3 Å². The zero-order chi connectivity index (χ0) is 27.5. The fourth-order valence-electron chi connectivity index (χ4n) is 4.67. The van der Waals surface area contributed by atoms with Crippen LogP contribution in [0.15, 0.2) is 109 Å². The number of rotatable bonds is 13. The van der Waals surface area contributed by atoms with Gasteiger partial charge in [0.25, 0.3) is 0 Å². The SMILES string of the molecule is COc1cccc([C@H](CC(=O)O)NC(=O)C(c2ccccc2)c2ccccc2)c1OCCCc1ccccc1. The van der Waals surface area contributed by atoms with Gasteiger partial charge in [-0.15, -0.1) is 0 Å². The van der Waals surface area contributed by atoms with E-state index in [0.717, 1.165) is 24.0 Å². The molecular weight excluding hydrogens is 490 g/mol. The molecule has 0 fully saturated rings. The number of aryl methyl sites for hydroxylation is 1. The van der Waals surface area contributed by atoms with Gasteiger partial charge < -0.3 is 19.9 Å². The highest BCUT2D eigenvalue weighted by Gasteiger charge is 2.29. The maximum atomic E-state index is 13.8. The normalized spacial score (nSPS) is 11.5. The Balaban J connectivity index is 1.60. The van der Waals surface area contributed by atoms with Gasteiger partial charge in [-0.3, -0.25) is 9.59 Å². The molecule has 6 nitrogen and oxygen atoms in total. The average molecular weight is 524 g/mol. The van der Waals surface area contributed by atoms with Crippen LogP contribution in [0.2, 0.25) is 0 Å². The maximum Gasteiger partial charge on any atom is 0.305 e. The van der Waals surface area contributed by atoms with Gasteiger partial charge >= 0.3 is 5.97 Å². The minimum atomic E-state index is -1.03. The number of carboxylic acids is 1. The maximum absolute atomic E-state index is 13.8. The molecule has 1 atom stereocenters. The average Bonchev–Trinajstić information content (AvgIpc) is 2.96. The number of carbonyl (C=O) groups excluding carboxylic acids is 1. The molecular formula is C33H33NO5. The summed E-state index contributed by atoms with van der Waals surface area (Å²) >= 11 is 0. The van der Waals surface area contributed by atoms with E-state index < -0.39 is 17.9 Å². The van der Waals surface area contributed by atoms with Gasteiger partial charge in [-0.05, 0) is 35.6 Å². The third-order valence-electron chi connectivity index (χ3n) is 6.53. The Bertz CT molecular complexity index is 1300. The predicted molar refractivity (Wildman–Crippen MR) is 151 cm³/mol. The fourth-order valence-corrected chi connectivity index (χ4v) is 4.67. The van der Waals surface area contributed by atoms with Gasteiger partial charge in [-0.2, -0.15) is 0 Å². The minimum Gasteiger partial charge on any atom is -0.493 e. The molecule has 0 unspecified atom stereocenters. The van der Waals surface area contributed by atoms with Crippen molar-refractivity contribution in [1.29, 1.82) is 0 Å². The van der Waals surface area contributed by atoms with E-state index in [1.807, 2.05) is 78.9 Å². The Morgan fingerprint density at radius 1 is 0.795 bits per heavy atom. The molecule has 4 rings (SSSR count). The van der Waals surface area contributed by atoms with Crippen molar-refractivity contribution in [3.05, 3.63) is 131 Å². The summed E-state index contributed by atoms with van der Waals surface area (Å²) in [4.78, 5) is 25.8. The van der Waals surface area contributed by atoms with Gasteiger partial charge in [-0.1, -0.05) is 103 Å².